The minimum Gasteiger partial charge on any atom is -0.493 e. The molecule has 0 bridgehead atoms. The van der Waals surface area contributed by atoms with Gasteiger partial charge in [-0.1, -0.05) is 12.1 Å². The highest BCUT2D eigenvalue weighted by Crippen LogP contribution is 2.31. The van der Waals surface area contributed by atoms with Crippen LogP contribution in [0.5, 0.6) is 17.2 Å². The molecular formula is C22H20FNO5S. The van der Waals surface area contributed by atoms with Crippen LogP contribution in [0, 0.1) is 5.82 Å². The third-order valence-electron chi connectivity index (χ3n) is 3.97. The lowest BCUT2D eigenvalue weighted by Crippen LogP contribution is -2.02. The van der Waals surface area contributed by atoms with E-state index >= 15 is 0 Å². The minimum atomic E-state index is -0.503. The molecule has 30 heavy (non-hydrogen) atoms. The molecule has 0 fully saturated rings. The molecule has 1 heterocycles. The molecule has 0 atom stereocenters. The number of nitrogens with zero attached hydrogens (tertiary/aromatic N) is 1. The second-order valence-corrected chi connectivity index (χ2v) is 6.94. The molecule has 0 unspecified atom stereocenters. The van der Waals surface area contributed by atoms with Crippen LogP contribution in [-0.4, -0.2) is 25.2 Å². The fraction of sp³-hybridized carbons (Fsp3) is 0.182. The first-order valence-corrected chi connectivity index (χ1v) is 9.84. The lowest BCUT2D eigenvalue weighted by Gasteiger charge is -2.09. The number of para-hydroxylation sites is 1. The molecule has 156 valence electrons. The van der Waals surface area contributed by atoms with Crippen LogP contribution in [0.3, 0.4) is 0 Å². The number of halogens is 1. The quantitative estimate of drug-likeness (QED) is 0.365. The first-order chi connectivity index (χ1) is 14.6. The molecule has 0 N–H and O–H groups in total. The van der Waals surface area contributed by atoms with Crippen LogP contribution < -0.4 is 14.2 Å². The van der Waals surface area contributed by atoms with Gasteiger partial charge in [0.05, 0.1) is 19.9 Å². The zero-order valence-electron chi connectivity index (χ0n) is 16.5. The number of ether oxygens (including phenoxy) is 4. The van der Waals surface area contributed by atoms with Crippen molar-refractivity contribution in [3.63, 3.8) is 0 Å². The molecule has 3 rings (SSSR count). The standard InChI is InChI=1S/C22H20FNO5S/c1-26-19-5-3-4-15(22(19)27-2)6-11-21(25)29-12-17-14-30-20(24-17)13-28-18-9-7-16(23)8-10-18/h3-11,14H,12-13H2,1-2H3/b11-6+. The van der Waals surface area contributed by atoms with Crippen molar-refractivity contribution in [2.75, 3.05) is 14.2 Å². The zero-order chi connectivity index (χ0) is 21.3. The molecule has 0 radical (unpaired) electrons. The van der Waals surface area contributed by atoms with Gasteiger partial charge in [-0.3, -0.25) is 0 Å². The lowest BCUT2D eigenvalue weighted by atomic mass is 10.1. The fourth-order valence-electron chi connectivity index (χ4n) is 2.55. The highest BCUT2D eigenvalue weighted by atomic mass is 32.1. The number of benzene rings is 2. The smallest absolute Gasteiger partial charge is 0.331 e. The number of carbonyl (C=O) groups excluding carboxylic acids is 1. The van der Waals surface area contributed by atoms with Gasteiger partial charge in [-0.15, -0.1) is 11.3 Å². The largest absolute Gasteiger partial charge is 0.493 e. The molecule has 0 aliphatic heterocycles. The molecule has 2 aromatic carbocycles. The molecule has 6 nitrogen and oxygen atoms in total. The molecule has 0 amide bonds. The van der Waals surface area contributed by atoms with Gasteiger partial charge >= 0.3 is 5.97 Å². The molecule has 0 aliphatic rings. The molecule has 1 aromatic heterocycles. The van der Waals surface area contributed by atoms with E-state index in [-0.39, 0.29) is 19.0 Å². The van der Waals surface area contributed by atoms with E-state index in [1.807, 2.05) is 0 Å². The predicted octanol–water partition coefficient (Wildman–Crippen LogP) is 4.64. The molecule has 3 aromatic rings. The van der Waals surface area contributed by atoms with Gasteiger partial charge in [0.2, 0.25) is 0 Å². The molecule has 0 spiro atoms. The van der Waals surface area contributed by atoms with E-state index in [1.165, 1.54) is 36.7 Å². The number of carbonyl (C=O) groups is 1. The summed E-state index contributed by atoms with van der Waals surface area (Å²) >= 11 is 1.39. The van der Waals surface area contributed by atoms with Crippen LogP contribution in [-0.2, 0) is 22.7 Å². The van der Waals surface area contributed by atoms with Gasteiger partial charge in [0.1, 0.15) is 29.8 Å². The minimum absolute atomic E-state index is 0.0471. The van der Waals surface area contributed by atoms with Gasteiger partial charge in [0, 0.05) is 17.0 Å². The van der Waals surface area contributed by atoms with E-state index in [1.54, 1.807) is 48.9 Å². The number of rotatable bonds is 9. The summed E-state index contributed by atoms with van der Waals surface area (Å²) in [6, 6.07) is 11.1. The van der Waals surface area contributed by atoms with Crippen molar-refractivity contribution in [1.82, 2.24) is 4.98 Å². The fourth-order valence-corrected chi connectivity index (χ4v) is 3.24. The molecule has 8 heteroatoms. The Morgan fingerprint density at radius 3 is 2.63 bits per heavy atom. The van der Waals surface area contributed by atoms with Crippen molar-refractivity contribution in [2.45, 2.75) is 13.2 Å². The van der Waals surface area contributed by atoms with Crippen LogP contribution in [0.15, 0.2) is 53.9 Å². The molecular weight excluding hydrogens is 409 g/mol. The summed E-state index contributed by atoms with van der Waals surface area (Å²) in [6.45, 7) is 0.297. The SMILES string of the molecule is COc1cccc(/C=C/C(=O)OCc2csc(COc3ccc(F)cc3)n2)c1OC. The van der Waals surface area contributed by atoms with Crippen LogP contribution >= 0.6 is 11.3 Å². The molecule has 0 saturated heterocycles. The average Bonchev–Trinajstić information content (AvgIpc) is 3.23. The van der Waals surface area contributed by atoms with Crippen LogP contribution in [0.4, 0.5) is 4.39 Å². The Hall–Kier alpha value is -3.39. The van der Waals surface area contributed by atoms with E-state index in [4.69, 9.17) is 18.9 Å². The predicted molar refractivity (Wildman–Crippen MR) is 111 cm³/mol. The van der Waals surface area contributed by atoms with Gasteiger partial charge in [-0.05, 0) is 36.4 Å². The summed E-state index contributed by atoms with van der Waals surface area (Å²) in [5.41, 5.74) is 1.32. The Bertz CT molecular complexity index is 1020. The van der Waals surface area contributed by atoms with Crippen molar-refractivity contribution in [3.8, 4) is 17.2 Å². The second-order valence-electron chi connectivity index (χ2n) is 6.00. The van der Waals surface area contributed by atoms with Crippen molar-refractivity contribution >= 4 is 23.4 Å². The maximum atomic E-state index is 12.9. The second kappa shape index (κ2) is 10.4. The maximum absolute atomic E-state index is 12.9. The van der Waals surface area contributed by atoms with Gasteiger partial charge in [0.15, 0.2) is 11.5 Å². The number of esters is 1. The summed E-state index contributed by atoms with van der Waals surface area (Å²) in [7, 11) is 3.08. The Kier molecular flexibility index (Phi) is 7.40. The molecule has 0 saturated carbocycles. The summed E-state index contributed by atoms with van der Waals surface area (Å²) in [4.78, 5) is 16.4. The normalized spacial score (nSPS) is 10.8. The highest BCUT2D eigenvalue weighted by molar-refractivity contribution is 7.09. The van der Waals surface area contributed by atoms with Crippen molar-refractivity contribution < 1.29 is 28.1 Å². The van der Waals surface area contributed by atoms with E-state index in [2.05, 4.69) is 4.98 Å². The number of methoxy groups -OCH3 is 2. The maximum Gasteiger partial charge on any atom is 0.331 e. The Balaban J connectivity index is 1.50. The average molecular weight is 429 g/mol. The van der Waals surface area contributed by atoms with Gasteiger partial charge in [0.25, 0.3) is 0 Å². The topological polar surface area (TPSA) is 66.9 Å². The number of hydrogen-bond donors (Lipinski definition) is 0. The summed E-state index contributed by atoms with van der Waals surface area (Å²) in [6.07, 6.45) is 2.93. The van der Waals surface area contributed by atoms with Gasteiger partial charge < -0.3 is 18.9 Å². The number of hydrogen-bond acceptors (Lipinski definition) is 7. The van der Waals surface area contributed by atoms with E-state index in [0.717, 1.165) is 5.01 Å². The Morgan fingerprint density at radius 1 is 1.10 bits per heavy atom. The van der Waals surface area contributed by atoms with Gasteiger partial charge in [-0.2, -0.15) is 0 Å². The first kappa shape index (κ1) is 21.3. The molecule has 0 aliphatic carbocycles. The van der Waals surface area contributed by atoms with Crippen molar-refractivity contribution in [1.29, 1.82) is 0 Å². The summed E-state index contributed by atoms with van der Waals surface area (Å²) < 4.78 is 34.3. The van der Waals surface area contributed by atoms with Crippen LogP contribution in [0.25, 0.3) is 6.08 Å². The van der Waals surface area contributed by atoms with Gasteiger partial charge in [-0.25, -0.2) is 14.2 Å². The summed E-state index contributed by atoms with van der Waals surface area (Å²) in [5, 5.41) is 2.52. The Labute approximate surface area is 177 Å². The van der Waals surface area contributed by atoms with Crippen molar-refractivity contribution in [3.05, 3.63) is 76.0 Å². The third-order valence-corrected chi connectivity index (χ3v) is 4.84. The first-order valence-electron chi connectivity index (χ1n) is 8.96. The highest BCUT2D eigenvalue weighted by Gasteiger charge is 2.09. The zero-order valence-corrected chi connectivity index (χ0v) is 17.3. The monoisotopic (exact) mass is 429 g/mol. The van der Waals surface area contributed by atoms with E-state index in [9.17, 15) is 9.18 Å². The summed E-state index contributed by atoms with van der Waals surface area (Å²) in [5.74, 6) is 0.842. The van der Waals surface area contributed by atoms with Crippen LogP contribution in [0.2, 0.25) is 0 Å². The van der Waals surface area contributed by atoms with Crippen molar-refractivity contribution in [2.24, 2.45) is 0 Å². The number of thiazole rings is 1. The number of aromatic nitrogens is 1. The van der Waals surface area contributed by atoms with E-state index < -0.39 is 5.97 Å². The van der Waals surface area contributed by atoms with E-state index in [0.29, 0.717) is 28.5 Å². The Morgan fingerprint density at radius 2 is 1.90 bits per heavy atom. The lowest BCUT2D eigenvalue weighted by molar-refractivity contribution is -0.139. The third kappa shape index (κ3) is 5.81. The van der Waals surface area contributed by atoms with Crippen LogP contribution in [0.1, 0.15) is 16.3 Å².